The van der Waals surface area contributed by atoms with Gasteiger partial charge >= 0.3 is 0 Å². The van der Waals surface area contributed by atoms with Gasteiger partial charge in [-0.05, 0) is 19.1 Å². The third-order valence-electron chi connectivity index (χ3n) is 2.29. The van der Waals surface area contributed by atoms with Crippen LogP contribution in [0.2, 0.25) is 0 Å². The number of nitrogens with zero attached hydrogens (tertiary/aromatic N) is 1. The molecule has 4 nitrogen and oxygen atoms in total. The molecule has 0 radical (unpaired) electrons. The molecule has 78 valence electrons. The van der Waals surface area contributed by atoms with Crippen molar-refractivity contribution in [3.63, 3.8) is 0 Å². The van der Waals surface area contributed by atoms with Crippen molar-refractivity contribution >= 4 is 21.5 Å². The lowest BCUT2D eigenvalue weighted by Gasteiger charge is -2.02. The maximum atomic E-state index is 10.9. The Morgan fingerprint density at radius 3 is 2.60 bits per heavy atom. The second kappa shape index (κ2) is 3.01. The van der Waals surface area contributed by atoms with Crippen LogP contribution >= 0.6 is 0 Å². The number of hydrogen-bond donors (Lipinski definition) is 1. The Kier molecular flexibility index (Phi) is 2.02. The molecule has 0 aromatic heterocycles. The molecule has 0 fully saturated rings. The lowest BCUT2D eigenvalue weighted by atomic mass is 10.1. The summed E-state index contributed by atoms with van der Waals surface area (Å²) in [6, 6.07) is 4.36. The first kappa shape index (κ1) is 10.1. The standard InChI is InChI=1S/C10H9NO3S/c1-6-9-4-3-8(15(12,13)14)5-10(9)7(2)11-6/h3-5H,2H2,1H3,(H,12,13,14). The lowest BCUT2D eigenvalue weighted by Crippen LogP contribution is -2.00. The fourth-order valence-corrected chi connectivity index (χ4v) is 2.07. The Labute approximate surface area is 87.7 Å². The normalized spacial score (nSPS) is 15.1. The average molecular weight is 223 g/mol. The fraction of sp³-hybridized carbons (Fsp3) is 0.100. The van der Waals surface area contributed by atoms with Crippen molar-refractivity contribution < 1.29 is 13.0 Å². The highest BCUT2D eigenvalue weighted by molar-refractivity contribution is 7.85. The molecule has 1 N–H and O–H groups in total. The van der Waals surface area contributed by atoms with E-state index in [-0.39, 0.29) is 4.90 Å². The summed E-state index contributed by atoms with van der Waals surface area (Å²) in [7, 11) is -4.16. The molecule has 1 aromatic rings. The highest BCUT2D eigenvalue weighted by Crippen LogP contribution is 2.29. The molecule has 0 unspecified atom stereocenters. The van der Waals surface area contributed by atoms with Gasteiger partial charge < -0.3 is 0 Å². The number of hydrogen-bond acceptors (Lipinski definition) is 3. The predicted octanol–water partition coefficient (Wildman–Crippen LogP) is 1.73. The van der Waals surface area contributed by atoms with Crippen LogP contribution in [0.15, 0.2) is 34.7 Å². The van der Waals surface area contributed by atoms with Crippen molar-refractivity contribution in [2.45, 2.75) is 11.8 Å². The van der Waals surface area contributed by atoms with Crippen molar-refractivity contribution in [1.82, 2.24) is 0 Å². The van der Waals surface area contributed by atoms with E-state index < -0.39 is 10.1 Å². The van der Waals surface area contributed by atoms with Crippen molar-refractivity contribution in [1.29, 1.82) is 0 Å². The lowest BCUT2D eigenvalue weighted by molar-refractivity contribution is 0.483. The van der Waals surface area contributed by atoms with Crippen LogP contribution in [0.1, 0.15) is 18.1 Å². The molecule has 5 heteroatoms. The monoisotopic (exact) mass is 223 g/mol. The average Bonchev–Trinajstić information content (AvgIpc) is 2.41. The Balaban J connectivity index is 2.66. The maximum Gasteiger partial charge on any atom is 0.294 e. The Morgan fingerprint density at radius 2 is 2.00 bits per heavy atom. The molecule has 0 saturated carbocycles. The predicted molar refractivity (Wildman–Crippen MR) is 57.5 cm³/mol. The molecule has 0 saturated heterocycles. The van der Waals surface area contributed by atoms with Crippen molar-refractivity contribution in [2.24, 2.45) is 4.99 Å². The van der Waals surface area contributed by atoms with Gasteiger partial charge in [-0.15, -0.1) is 0 Å². The van der Waals surface area contributed by atoms with Gasteiger partial charge in [0.05, 0.1) is 10.6 Å². The fourth-order valence-electron chi connectivity index (χ4n) is 1.56. The van der Waals surface area contributed by atoms with Gasteiger partial charge in [0.2, 0.25) is 0 Å². The van der Waals surface area contributed by atoms with E-state index in [2.05, 4.69) is 11.6 Å². The van der Waals surface area contributed by atoms with Gasteiger partial charge in [0.15, 0.2) is 0 Å². The Hall–Kier alpha value is -1.46. The topological polar surface area (TPSA) is 66.7 Å². The number of benzene rings is 1. The molecule has 0 amide bonds. The van der Waals surface area contributed by atoms with E-state index in [4.69, 9.17) is 4.55 Å². The SMILES string of the molecule is C=C1N=C(C)c2ccc(S(=O)(=O)O)cc21. The highest BCUT2D eigenvalue weighted by atomic mass is 32.2. The minimum atomic E-state index is -4.16. The van der Waals surface area contributed by atoms with Crippen LogP contribution in [0.3, 0.4) is 0 Å². The third kappa shape index (κ3) is 1.60. The molecule has 0 bridgehead atoms. The van der Waals surface area contributed by atoms with Crippen molar-refractivity contribution in [3.8, 4) is 0 Å². The summed E-state index contributed by atoms with van der Waals surface area (Å²) in [6.45, 7) is 5.53. The summed E-state index contributed by atoms with van der Waals surface area (Å²) < 4.78 is 30.7. The molecule has 15 heavy (non-hydrogen) atoms. The van der Waals surface area contributed by atoms with Crippen LogP contribution in [0, 0.1) is 0 Å². The Morgan fingerprint density at radius 1 is 1.33 bits per heavy atom. The summed E-state index contributed by atoms with van der Waals surface area (Å²) in [5.41, 5.74) is 2.83. The first-order valence-electron chi connectivity index (χ1n) is 4.26. The smallest absolute Gasteiger partial charge is 0.282 e. The molecule has 2 rings (SSSR count). The van der Waals surface area contributed by atoms with Crippen LogP contribution in [-0.2, 0) is 10.1 Å². The summed E-state index contributed by atoms with van der Waals surface area (Å²) in [5, 5.41) is 0. The minimum Gasteiger partial charge on any atom is -0.282 e. The quantitative estimate of drug-likeness (QED) is 0.737. The van der Waals surface area contributed by atoms with E-state index in [1.54, 1.807) is 6.07 Å². The van der Waals surface area contributed by atoms with Gasteiger partial charge in [-0.3, -0.25) is 9.55 Å². The number of aliphatic imine (C=N–C) groups is 1. The number of rotatable bonds is 1. The van der Waals surface area contributed by atoms with Crippen LogP contribution < -0.4 is 0 Å². The molecule has 0 spiro atoms. The molecule has 1 heterocycles. The summed E-state index contributed by atoms with van der Waals surface area (Å²) in [5.74, 6) is 0. The van der Waals surface area contributed by atoms with Crippen molar-refractivity contribution in [3.05, 3.63) is 35.9 Å². The van der Waals surface area contributed by atoms with Crippen molar-refractivity contribution in [2.75, 3.05) is 0 Å². The zero-order valence-corrected chi connectivity index (χ0v) is 8.87. The van der Waals surface area contributed by atoms with Crippen LogP contribution in [0.5, 0.6) is 0 Å². The number of fused-ring (bicyclic) bond motifs is 1. The van der Waals surface area contributed by atoms with E-state index in [9.17, 15) is 8.42 Å². The zero-order chi connectivity index (χ0) is 11.2. The zero-order valence-electron chi connectivity index (χ0n) is 8.06. The molecule has 0 atom stereocenters. The first-order valence-corrected chi connectivity index (χ1v) is 5.70. The highest BCUT2D eigenvalue weighted by Gasteiger charge is 2.19. The summed E-state index contributed by atoms with van der Waals surface area (Å²) in [6.07, 6.45) is 0. The molecular formula is C10H9NO3S. The molecule has 0 aliphatic carbocycles. The third-order valence-corrected chi connectivity index (χ3v) is 3.14. The van der Waals surface area contributed by atoms with Gasteiger partial charge in [0.25, 0.3) is 10.1 Å². The molecule has 1 aliphatic rings. The second-order valence-corrected chi connectivity index (χ2v) is 4.75. The van der Waals surface area contributed by atoms with Gasteiger partial charge in [-0.2, -0.15) is 8.42 Å². The summed E-state index contributed by atoms with van der Waals surface area (Å²) >= 11 is 0. The summed E-state index contributed by atoms with van der Waals surface area (Å²) in [4.78, 5) is 3.99. The van der Waals surface area contributed by atoms with Crippen LogP contribution in [-0.4, -0.2) is 18.7 Å². The molecule has 1 aromatic carbocycles. The van der Waals surface area contributed by atoms with E-state index >= 15 is 0 Å². The minimum absolute atomic E-state index is 0.132. The van der Waals surface area contributed by atoms with E-state index in [1.807, 2.05) is 6.92 Å². The van der Waals surface area contributed by atoms with Gasteiger partial charge in [-0.25, -0.2) is 0 Å². The van der Waals surface area contributed by atoms with Gasteiger partial charge in [0.1, 0.15) is 0 Å². The Bertz CT molecular complexity index is 585. The van der Waals surface area contributed by atoms with E-state index in [0.717, 1.165) is 11.3 Å². The van der Waals surface area contributed by atoms with E-state index in [0.29, 0.717) is 11.3 Å². The van der Waals surface area contributed by atoms with Crippen LogP contribution in [0.25, 0.3) is 5.70 Å². The molecule has 1 aliphatic heterocycles. The second-order valence-electron chi connectivity index (χ2n) is 3.33. The van der Waals surface area contributed by atoms with Gasteiger partial charge in [-0.1, -0.05) is 12.6 Å². The molecular weight excluding hydrogens is 214 g/mol. The maximum absolute atomic E-state index is 10.9. The van der Waals surface area contributed by atoms with Gasteiger partial charge in [0, 0.05) is 16.8 Å². The van der Waals surface area contributed by atoms with E-state index in [1.165, 1.54) is 12.1 Å². The largest absolute Gasteiger partial charge is 0.294 e. The van der Waals surface area contributed by atoms with Crippen LogP contribution in [0.4, 0.5) is 0 Å². The first-order chi connectivity index (χ1) is 6.89.